The highest BCUT2D eigenvalue weighted by molar-refractivity contribution is 5.98. The van der Waals surface area contributed by atoms with Crippen LogP contribution in [0.3, 0.4) is 0 Å². The van der Waals surface area contributed by atoms with Crippen LogP contribution in [0.5, 0.6) is 11.5 Å². The Morgan fingerprint density at radius 2 is 1.87 bits per heavy atom. The number of ketones is 1. The first kappa shape index (κ1) is 16.8. The van der Waals surface area contributed by atoms with Crippen molar-refractivity contribution in [1.29, 1.82) is 0 Å². The second-order valence-electron chi connectivity index (χ2n) is 5.17. The topological polar surface area (TPSA) is 105 Å². The van der Waals surface area contributed by atoms with Crippen molar-refractivity contribution in [3.05, 3.63) is 23.8 Å². The molecule has 0 radical (unpaired) electrons. The summed E-state index contributed by atoms with van der Waals surface area (Å²) in [6.07, 6.45) is -0.368. The number of fused-ring (bicyclic) bond motifs is 1. The maximum absolute atomic E-state index is 12.1. The van der Waals surface area contributed by atoms with Crippen molar-refractivity contribution in [1.82, 2.24) is 0 Å². The molecule has 2 N–H and O–H groups in total. The molecule has 0 aliphatic carbocycles. The molecular weight excluding hydrogens is 302 g/mol. The van der Waals surface area contributed by atoms with Gasteiger partial charge in [-0.05, 0) is 25.1 Å². The van der Waals surface area contributed by atoms with E-state index in [4.69, 9.17) is 19.9 Å². The van der Waals surface area contributed by atoms with E-state index in [1.54, 1.807) is 18.2 Å². The molecule has 1 aromatic carbocycles. The highest BCUT2D eigenvalue weighted by Gasteiger charge is 2.18. The van der Waals surface area contributed by atoms with E-state index in [9.17, 15) is 14.4 Å². The maximum Gasteiger partial charge on any atom is 0.307 e. The van der Waals surface area contributed by atoms with E-state index in [1.807, 2.05) is 0 Å². The summed E-state index contributed by atoms with van der Waals surface area (Å²) in [4.78, 5) is 34.5. The number of carbonyl (C=O) groups is 3. The highest BCUT2D eigenvalue weighted by Crippen LogP contribution is 2.30. The average Bonchev–Trinajstić information content (AvgIpc) is 2.76. The lowest BCUT2D eigenvalue weighted by Gasteiger charge is -2.10. The summed E-state index contributed by atoms with van der Waals surface area (Å²) in [7, 11) is 0. The normalized spacial score (nSPS) is 14.5. The summed E-state index contributed by atoms with van der Waals surface area (Å²) in [6, 6.07) is 4.93. The van der Waals surface area contributed by atoms with Gasteiger partial charge in [0.25, 0.3) is 5.91 Å². The minimum atomic E-state index is -1.00. The molecule has 0 bridgehead atoms. The van der Waals surface area contributed by atoms with E-state index in [0.29, 0.717) is 30.3 Å². The molecule has 0 aromatic heterocycles. The van der Waals surface area contributed by atoms with Crippen LogP contribution in [0.2, 0.25) is 0 Å². The molecule has 1 heterocycles. The monoisotopic (exact) mass is 321 g/mol. The summed E-state index contributed by atoms with van der Waals surface area (Å²) >= 11 is 0. The predicted octanol–water partition coefficient (Wildman–Crippen LogP) is 1.23. The van der Waals surface area contributed by atoms with Crippen molar-refractivity contribution in [2.45, 2.75) is 32.3 Å². The third-order valence-corrected chi connectivity index (χ3v) is 3.33. The fourth-order valence-electron chi connectivity index (χ4n) is 2.01. The smallest absolute Gasteiger partial charge is 0.307 e. The van der Waals surface area contributed by atoms with Crippen LogP contribution in [0.25, 0.3) is 0 Å². The van der Waals surface area contributed by atoms with Crippen molar-refractivity contribution < 1.29 is 28.6 Å². The number of benzene rings is 1. The molecule has 7 heteroatoms. The maximum atomic E-state index is 12.1. The fourth-order valence-corrected chi connectivity index (χ4v) is 2.01. The Kier molecular flexibility index (Phi) is 5.56. The molecule has 1 aliphatic rings. The van der Waals surface area contributed by atoms with Crippen LogP contribution >= 0.6 is 0 Å². The van der Waals surface area contributed by atoms with Crippen LogP contribution in [0.15, 0.2) is 18.2 Å². The van der Waals surface area contributed by atoms with Crippen molar-refractivity contribution in [3.63, 3.8) is 0 Å². The summed E-state index contributed by atoms with van der Waals surface area (Å²) in [5.74, 6) is -0.456. The molecule has 1 aliphatic heterocycles. The van der Waals surface area contributed by atoms with Crippen LogP contribution in [-0.2, 0) is 14.3 Å². The van der Waals surface area contributed by atoms with Crippen LogP contribution in [0.4, 0.5) is 0 Å². The fraction of sp³-hybridized carbons (Fsp3) is 0.438. The molecule has 1 atom stereocenters. The summed E-state index contributed by atoms with van der Waals surface area (Å²) in [5.41, 5.74) is 5.44. The van der Waals surface area contributed by atoms with Gasteiger partial charge in [0, 0.05) is 18.4 Å². The van der Waals surface area contributed by atoms with Crippen molar-refractivity contribution >= 4 is 17.7 Å². The zero-order chi connectivity index (χ0) is 16.8. The lowest BCUT2D eigenvalue weighted by Crippen LogP contribution is -2.30. The van der Waals surface area contributed by atoms with Gasteiger partial charge in [-0.3, -0.25) is 14.4 Å². The van der Waals surface area contributed by atoms with Gasteiger partial charge in [-0.1, -0.05) is 0 Å². The lowest BCUT2D eigenvalue weighted by molar-refractivity contribution is -0.153. The number of Topliss-reactive ketones (excluding diaryl/α,β-unsaturated/α-hetero) is 1. The lowest BCUT2D eigenvalue weighted by atomic mass is 10.1. The van der Waals surface area contributed by atoms with E-state index < -0.39 is 18.0 Å². The first-order chi connectivity index (χ1) is 11.0. The van der Waals surface area contributed by atoms with Gasteiger partial charge in [0.2, 0.25) is 0 Å². The van der Waals surface area contributed by atoms with Crippen molar-refractivity contribution in [3.8, 4) is 11.5 Å². The first-order valence-corrected chi connectivity index (χ1v) is 7.39. The van der Waals surface area contributed by atoms with Gasteiger partial charge in [-0.25, -0.2) is 0 Å². The second-order valence-corrected chi connectivity index (χ2v) is 5.17. The van der Waals surface area contributed by atoms with Gasteiger partial charge < -0.3 is 19.9 Å². The largest absolute Gasteiger partial charge is 0.490 e. The number of esters is 1. The minimum Gasteiger partial charge on any atom is -0.490 e. The molecule has 0 unspecified atom stereocenters. The molecule has 0 fully saturated rings. The molecule has 0 spiro atoms. The SMILES string of the molecule is C[C@H](OC(=O)CCC(=O)c1ccc2c(c1)OCCCO2)C(N)=O. The summed E-state index contributed by atoms with van der Waals surface area (Å²) < 4.78 is 15.8. The average molecular weight is 321 g/mol. The zero-order valence-corrected chi connectivity index (χ0v) is 12.9. The Morgan fingerprint density at radius 1 is 1.17 bits per heavy atom. The van der Waals surface area contributed by atoms with Crippen LogP contribution in [0.1, 0.15) is 36.5 Å². The number of hydrogen-bond acceptors (Lipinski definition) is 6. The summed E-state index contributed by atoms with van der Waals surface area (Å²) in [6.45, 7) is 2.48. The molecule has 124 valence electrons. The molecule has 1 amide bonds. The third-order valence-electron chi connectivity index (χ3n) is 3.33. The van der Waals surface area contributed by atoms with Gasteiger partial charge >= 0.3 is 5.97 Å². The van der Waals surface area contributed by atoms with Crippen molar-refractivity contribution in [2.75, 3.05) is 13.2 Å². The Bertz CT molecular complexity index is 613. The van der Waals surface area contributed by atoms with Gasteiger partial charge in [0.15, 0.2) is 23.4 Å². The molecular formula is C16H19NO6. The molecule has 7 nitrogen and oxygen atoms in total. The number of nitrogens with two attached hydrogens (primary N) is 1. The van der Waals surface area contributed by atoms with Crippen LogP contribution in [-0.4, -0.2) is 37.0 Å². The Morgan fingerprint density at radius 3 is 2.57 bits per heavy atom. The summed E-state index contributed by atoms with van der Waals surface area (Å²) in [5, 5.41) is 0. The van der Waals surface area contributed by atoms with E-state index in [0.717, 1.165) is 6.42 Å². The highest BCUT2D eigenvalue weighted by atomic mass is 16.5. The molecule has 2 rings (SSSR count). The van der Waals surface area contributed by atoms with E-state index >= 15 is 0 Å². The third kappa shape index (κ3) is 4.70. The molecule has 0 saturated carbocycles. The Hall–Kier alpha value is -2.57. The van der Waals surface area contributed by atoms with Gasteiger partial charge in [-0.15, -0.1) is 0 Å². The Labute approximate surface area is 133 Å². The quantitative estimate of drug-likeness (QED) is 0.624. The van der Waals surface area contributed by atoms with Crippen LogP contribution in [0, 0.1) is 0 Å². The Balaban J connectivity index is 1.92. The molecule has 23 heavy (non-hydrogen) atoms. The molecule has 0 saturated heterocycles. The van der Waals surface area contributed by atoms with E-state index in [2.05, 4.69) is 0 Å². The number of ether oxygens (including phenoxy) is 3. The second kappa shape index (κ2) is 7.62. The number of rotatable bonds is 6. The predicted molar refractivity (Wildman–Crippen MR) is 80.4 cm³/mol. The number of primary amides is 1. The number of carbonyl (C=O) groups excluding carboxylic acids is 3. The number of hydrogen-bond donors (Lipinski definition) is 1. The van der Waals surface area contributed by atoms with E-state index in [-0.39, 0.29) is 18.6 Å². The van der Waals surface area contributed by atoms with E-state index in [1.165, 1.54) is 6.92 Å². The van der Waals surface area contributed by atoms with Crippen molar-refractivity contribution in [2.24, 2.45) is 5.73 Å². The minimum absolute atomic E-state index is 0.0239. The van der Waals surface area contributed by atoms with Gasteiger partial charge in [0.05, 0.1) is 19.6 Å². The van der Waals surface area contributed by atoms with Crippen LogP contribution < -0.4 is 15.2 Å². The van der Waals surface area contributed by atoms with Gasteiger partial charge in [-0.2, -0.15) is 0 Å². The standard InChI is InChI=1S/C16H19NO6/c1-10(16(17)20)23-15(19)6-4-12(18)11-3-5-13-14(9-11)22-8-2-7-21-13/h3,5,9-10H,2,4,6-8H2,1H3,(H2,17,20)/t10-/m0/s1. The molecule has 1 aromatic rings. The van der Waals surface area contributed by atoms with Gasteiger partial charge in [0.1, 0.15) is 0 Å². The zero-order valence-electron chi connectivity index (χ0n) is 12.9. The first-order valence-electron chi connectivity index (χ1n) is 7.39. The number of amides is 1.